The molecule has 0 aliphatic rings. The van der Waals surface area contributed by atoms with Crippen molar-refractivity contribution >= 4 is 29.3 Å². The van der Waals surface area contributed by atoms with E-state index in [0.717, 1.165) is 5.56 Å². The lowest BCUT2D eigenvalue weighted by molar-refractivity contribution is -0.120. The van der Waals surface area contributed by atoms with Gasteiger partial charge in [-0.3, -0.25) is 4.79 Å². The summed E-state index contributed by atoms with van der Waals surface area (Å²) < 4.78 is 20.6. The van der Waals surface area contributed by atoms with Crippen LogP contribution in [0.4, 0.5) is 4.39 Å². The van der Waals surface area contributed by atoms with Crippen molar-refractivity contribution in [1.29, 1.82) is 0 Å². The van der Waals surface area contributed by atoms with E-state index in [2.05, 4.69) is 15.5 Å². The van der Waals surface area contributed by atoms with Gasteiger partial charge in [-0.25, -0.2) is 4.39 Å². The predicted octanol–water partition coefficient (Wildman–Crippen LogP) is 4.54. The van der Waals surface area contributed by atoms with Crippen molar-refractivity contribution in [3.05, 3.63) is 70.8 Å². The number of benzene rings is 2. The van der Waals surface area contributed by atoms with E-state index in [0.29, 0.717) is 21.8 Å². The third-order valence-corrected chi connectivity index (χ3v) is 5.87. The van der Waals surface area contributed by atoms with Crippen LogP contribution in [0.15, 0.2) is 53.7 Å². The molecule has 1 heterocycles. The highest BCUT2D eigenvalue weighted by atomic mass is 35.5. The van der Waals surface area contributed by atoms with Crippen molar-refractivity contribution in [3.63, 3.8) is 0 Å². The first-order valence-corrected chi connectivity index (χ1v) is 10.6. The van der Waals surface area contributed by atoms with Gasteiger partial charge in [-0.15, -0.1) is 10.2 Å². The maximum atomic E-state index is 13.1. The van der Waals surface area contributed by atoms with Crippen LogP contribution in [0, 0.1) is 5.82 Å². The Balaban J connectivity index is 1.55. The Morgan fingerprint density at radius 1 is 1.17 bits per heavy atom. The fraction of sp³-hybridized carbons (Fsp3) is 0.286. The van der Waals surface area contributed by atoms with Gasteiger partial charge >= 0.3 is 0 Å². The fourth-order valence-corrected chi connectivity index (χ4v) is 3.60. The minimum Gasteiger partial charge on any atom is -0.486 e. The molecular weight excluding hydrogens is 427 g/mol. The number of nitrogens with one attached hydrogen (secondary N) is 1. The molecule has 9 heteroatoms. The Kier molecular flexibility index (Phi) is 7.33. The third-order valence-electron chi connectivity index (χ3n) is 4.49. The average Bonchev–Trinajstić information content (AvgIpc) is 3.07. The van der Waals surface area contributed by atoms with E-state index in [-0.39, 0.29) is 29.6 Å². The van der Waals surface area contributed by atoms with E-state index in [9.17, 15) is 9.18 Å². The summed E-state index contributed by atoms with van der Waals surface area (Å²) in [4.78, 5) is 12.6. The highest BCUT2D eigenvalue weighted by Gasteiger charge is 2.21. The van der Waals surface area contributed by atoms with Gasteiger partial charge in [0.2, 0.25) is 5.91 Å². The number of halogens is 2. The Morgan fingerprint density at radius 3 is 2.50 bits per heavy atom. The largest absolute Gasteiger partial charge is 0.486 e. The minimum atomic E-state index is -0.388. The zero-order valence-corrected chi connectivity index (χ0v) is 18.4. The molecule has 0 saturated carbocycles. The van der Waals surface area contributed by atoms with E-state index in [1.165, 1.54) is 23.9 Å². The molecule has 30 heavy (non-hydrogen) atoms. The molecule has 0 aliphatic heterocycles. The summed E-state index contributed by atoms with van der Waals surface area (Å²) >= 11 is 7.18. The highest BCUT2D eigenvalue weighted by molar-refractivity contribution is 8.00. The monoisotopic (exact) mass is 448 g/mol. The summed E-state index contributed by atoms with van der Waals surface area (Å²) in [5, 5.41) is 12.1. The van der Waals surface area contributed by atoms with Gasteiger partial charge in [0, 0.05) is 12.1 Å². The third kappa shape index (κ3) is 5.73. The molecule has 0 spiro atoms. The van der Waals surface area contributed by atoms with Crippen LogP contribution in [0.25, 0.3) is 0 Å². The summed E-state index contributed by atoms with van der Waals surface area (Å²) in [6, 6.07) is 12.9. The van der Waals surface area contributed by atoms with Crippen LogP contribution in [-0.2, 0) is 18.4 Å². The van der Waals surface area contributed by atoms with Crippen molar-refractivity contribution < 1.29 is 13.9 Å². The zero-order chi connectivity index (χ0) is 21.7. The Bertz CT molecular complexity index is 995. The lowest BCUT2D eigenvalue weighted by atomic mass is 10.1. The second-order valence-corrected chi connectivity index (χ2v) is 8.49. The van der Waals surface area contributed by atoms with Crippen LogP contribution >= 0.6 is 23.4 Å². The molecule has 3 rings (SSSR count). The molecular formula is C21H22ClFN4O2S. The topological polar surface area (TPSA) is 69.0 Å². The second kappa shape index (κ2) is 9.95. The number of ether oxygens (including phenoxy) is 1. The SMILES string of the molecule is C[C@H](NC(=O)[C@@H](C)Sc1nnc(COc2ccc(Cl)cc2)n1C)c1ccc(F)cc1. The summed E-state index contributed by atoms with van der Waals surface area (Å²) in [6.07, 6.45) is 0. The zero-order valence-electron chi connectivity index (χ0n) is 16.8. The minimum absolute atomic E-state index is 0.140. The molecule has 1 aromatic heterocycles. The van der Waals surface area contributed by atoms with E-state index >= 15 is 0 Å². The number of hydrogen-bond donors (Lipinski definition) is 1. The molecule has 0 bridgehead atoms. The average molecular weight is 449 g/mol. The van der Waals surface area contributed by atoms with Crippen LogP contribution in [-0.4, -0.2) is 25.9 Å². The van der Waals surface area contributed by atoms with Gasteiger partial charge in [0.05, 0.1) is 11.3 Å². The van der Waals surface area contributed by atoms with Crippen molar-refractivity contribution in [3.8, 4) is 5.75 Å². The molecule has 158 valence electrons. The molecule has 0 aliphatic carbocycles. The number of carbonyl (C=O) groups excluding carboxylic acids is 1. The summed E-state index contributed by atoms with van der Waals surface area (Å²) in [7, 11) is 1.83. The molecule has 2 aromatic carbocycles. The van der Waals surface area contributed by atoms with Gasteiger partial charge < -0.3 is 14.6 Å². The van der Waals surface area contributed by atoms with Gasteiger partial charge in [-0.1, -0.05) is 35.5 Å². The van der Waals surface area contributed by atoms with Gasteiger partial charge in [0.1, 0.15) is 18.2 Å². The molecule has 0 fully saturated rings. The molecule has 6 nitrogen and oxygen atoms in total. The molecule has 0 radical (unpaired) electrons. The Labute approximate surface area is 183 Å². The first-order valence-electron chi connectivity index (χ1n) is 9.32. The van der Waals surface area contributed by atoms with Crippen molar-refractivity contribution in [2.24, 2.45) is 7.05 Å². The van der Waals surface area contributed by atoms with Gasteiger partial charge in [0.15, 0.2) is 11.0 Å². The van der Waals surface area contributed by atoms with Crippen molar-refractivity contribution in [2.45, 2.75) is 36.9 Å². The molecule has 0 unspecified atom stereocenters. The van der Waals surface area contributed by atoms with E-state index in [1.807, 2.05) is 14.0 Å². The second-order valence-electron chi connectivity index (χ2n) is 6.74. The molecule has 2 atom stereocenters. The maximum absolute atomic E-state index is 13.1. The lowest BCUT2D eigenvalue weighted by Crippen LogP contribution is -2.33. The summed E-state index contributed by atoms with van der Waals surface area (Å²) in [5.74, 6) is 0.872. The van der Waals surface area contributed by atoms with Crippen LogP contribution < -0.4 is 10.1 Å². The Hall–Kier alpha value is -2.58. The quantitative estimate of drug-likeness (QED) is 0.512. The molecule has 3 aromatic rings. The van der Waals surface area contributed by atoms with Crippen molar-refractivity contribution in [1.82, 2.24) is 20.1 Å². The molecule has 1 amide bonds. The first-order chi connectivity index (χ1) is 14.3. The summed E-state index contributed by atoms with van der Waals surface area (Å²) in [6.45, 7) is 3.90. The van der Waals surface area contributed by atoms with E-state index in [1.54, 1.807) is 47.9 Å². The van der Waals surface area contributed by atoms with E-state index in [4.69, 9.17) is 16.3 Å². The van der Waals surface area contributed by atoms with E-state index < -0.39 is 0 Å². The standard InChI is InChI=1S/C21H22ClFN4O2S/c1-13(15-4-8-17(23)9-5-15)24-20(28)14(2)30-21-26-25-19(27(21)3)12-29-18-10-6-16(22)7-11-18/h4-11,13-14H,12H2,1-3H3,(H,24,28)/t13-,14+/m0/s1. The Morgan fingerprint density at radius 2 is 1.83 bits per heavy atom. The number of nitrogens with zero attached hydrogens (tertiary/aromatic N) is 3. The van der Waals surface area contributed by atoms with Crippen LogP contribution in [0.5, 0.6) is 5.75 Å². The normalized spacial score (nSPS) is 13.0. The smallest absolute Gasteiger partial charge is 0.233 e. The van der Waals surface area contributed by atoms with Gasteiger partial charge in [-0.05, 0) is 55.8 Å². The first kappa shape index (κ1) is 22.1. The lowest BCUT2D eigenvalue weighted by Gasteiger charge is -2.17. The number of rotatable bonds is 8. The van der Waals surface area contributed by atoms with Crippen LogP contribution in [0.2, 0.25) is 5.02 Å². The highest BCUT2D eigenvalue weighted by Crippen LogP contribution is 2.23. The van der Waals surface area contributed by atoms with Crippen LogP contribution in [0.1, 0.15) is 31.3 Å². The summed E-state index contributed by atoms with van der Waals surface area (Å²) in [5.41, 5.74) is 0.835. The fourth-order valence-electron chi connectivity index (χ4n) is 2.63. The predicted molar refractivity (Wildman–Crippen MR) is 115 cm³/mol. The number of thioether (sulfide) groups is 1. The maximum Gasteiger partial charge on any atom is 0.233 e. The number of hydrogen-bond acceptors (Lipinski definition) is 5. The molecule has 1 N–H and O–H groups in total. The molecule has 0 saturated heterocycles. The number of carbonyl (C=O) groups is 1. The van der Waals surface area contributed by atoms with Crippen LogP contribution in [0.3, 0.4) is 0 Å². The van der Waals surface area contributed by atoms with Crippen molar-refractivity contribution in [2.75, 3.05) is 0 Å². The van der Waals surface area contributed by atoms with Gasteiger partial charge in [0.25, 0.3) is 0 Å². The number of amides is 1. The number of aromatic nitrogens is 3. The van der Waals surface area contributed by atoms with Gasteiger partial charge in [-0.2, -0.15) is 0 Å².